The van der Waals surface area contributed by atoms with Crippen LogP contribution < -0.4 is 10.9 Å². The molecule has 1 aliphatic heterocycles. The van der Waals surface area contributed by atoms with Crippen LogP contribution in [0.1, 0.15) is 48.0 Å². The summed E-state index contributed by atoms with van der Waals surface area (Å²) in [5.74, 6) is 0.299. The maximum atomic E-state index is 11.8. The van der Waals surface area contributed by atoms with Gasteiger partial charge in [0.05, 0.1) is 6.20 Å². The molecule has 0 aromatic carbocycles. The number of ether oxygens (including phenoxy) is 1. The third-order valence-corrected chi connectivity index (χ3v) is 3.57. The summed E-state index contributed by atoms with van der Waals surface area (Å²) in [6, 6.07) is 0. The molecule has 1 saturated carbocycles. The monoisotopic (exact) mass is 279 g/mol. The van der Waals surface area contributed by atoms with E-state index in [0.717, 1.165) is 12.8 Å². The van der Waals surface area contributed by atoms with Crippen LogP contribution in [0.4, 0.5) is 0 Å². The van der Waals surface area contributed by atoms with Gasteiger partial charge in [-0.05, 0) is 25.7 Å². The van der Waals surface area contributed by atoms with Gasteiger partial charge in [0.15, 0.2) is 5.89 Å². The fourth-order valence-electron chi connectivity index (χ4n) is 2.15. The number of carbonyl (C=O) groups is 2. The molecule has 2 N–H and O–H groups in total. The molecule has 2 aliphatic rings. The van der Waals surface area contributed by atoms with Crippen LogP contribution in [0.25, 0.3) is 0 Å². The van der Waals surface area contributed by atoms with Crippen molar-refractivity contribution in [1.82, 2.24) is 15.8 Å². The summed E-state index contributed by atoms with van der Waals surface area (Å²) in [5.41, 5.74) is 4.78. The van der Waals surface area contributed by atoms with E-state index >= 15 is 0 Å². The summed E-state index contributed by atoms with van der Waals surface area (Å²) >= 11 is 0. The van der Waals surface area contributed by atoms with E-state index in [4.69, 9.17) is 9.15 Å². The first-order valence-corrected chi connectivity index (χ1v) is 6.87. The number of hydrogen-bond acceptors (Lipinski definition) is 5. The van der Waals surface area contributed by atoms with Crippen LogP contribution in [0.2, 0.25) is 0 Å². The van der Waals surface area contributed by atoms with Gasteiger partial charge in [-0.3, -0.25) is 20.4 Å². The molecule has 0 spiro atoms. The highest BCUT2D eigenvalue weighted by molar-refractivity contribution is 5.92. The third kappa shape index (κ3) is 2.98. The molecule has 20 heavy (non-hydrogen) atoms. The lowest BCUT2D eigenvalue weighted by molar-refractivity contribution is -0.128. The number of nitrogens with one attached hydrogen (secondary N) is 2. The quantitative estimate of drug-likeness (QED) is 0.796. The van der Waals surface area contributed by atoms with Crippen LogP contribution in [-0.4, -0.2) is 30.0 Å². The van der Waals surface area contributed by atoms with Crippen LogP contribution in [0, 0.1) is 5.92 Å². The van der Waals surface area contributed by atoms with Gasteiger partial charge in [-0.15, -0.1) is 0 Å². The summed E-state index contributed by atoms with van der Waals surface area (Å²) in [4.78, 5) is 27.7. The highest BCUT2D eigenvalue weighted by Gasteiger charge is 2.29. The SMILES string of the molecule is O=C(NNC(=O)C1CCOCC1)c1cnc(C2CC2)o1. The molecule has 0 bridgehead atoms. The highest BCUT2D eigenvalue weighted by Crippen LogP contribution is 2.39. The van der Waals surface area contributed by atoms with E-state index in [1.807, 2.05) is 0 Å². The molecule has 108 valence electrons. The molecule has 1 aromatic heterocycles. The Morgan fingerprint density at radius 3 is 2.60 bits per heavy atom. The van der Waals surface area contributed by atoms with Crippen molar-refractivity contribution in [2.24, 2.45) is 5.92 Å². The smallest absolute Gasteiger partial charge is 0.307 e. The van der Waals surface area contributed by atoms with Gasteiger partial charge in [0, 0.05) is 25.0 Å². The minimum absolute atomic E-state index is 0.110. The maximum Gasteiger partial charge on any atom is 0.307 e. The Hall–Kier alpha value is -1.89. The summed E-state index contributed by atoms with van der Waals surface area (Å²) in [6.07, 6.45) is 4.86. The van der Waals surface area contributed by atoms with Crippen molar-refractivity contribution in [2.45, 2.75) is 31.6 Å². The van der Waals surface area contributed by atoms with E-state index in [1.165, 1.54) is 6.20 Å². The van der Waals surface area contributed by atoms with Crippen molar-refractivity contribution < 1.29 is 18.7 Å². The number of hydrogen-bond donors (Lipinski definition) is 2. The van der Waals surface area contributed by atoms with Crippen molar-refractivity contribution in [2.75, 3.05) is 13.2 Å². The molecule has 2 amide bonds. The number of carbonyl (C=O) groups excluding carboxylic acids is 2. The molecule has 1 aromatic rings. The summed E-state index contributed by atoms with van der Waals surface area (Å²) < 4.78 is 10.5. The Bertz CT molecular complexity index is 503. The Balaban J connectivity index is 1.49. The van der Waals surface area contributed by atoms with Gasteiger partial charge in [0.25, 0.3) is 0 Å². The molecule has 1 saturated heterocycles. The molecule has 7 heteroatoms. The van der Waals surface area contributed by atoms with Crippen molar-refractivity contribution in [3.63, 3.8) is 0 Å². The van der Waals surface area contributed by atoms with Crippen LogP contribution in [0.3, 0.4) is 0 Å². The molecule has 1 aliphatic carbocycles. The second-order valence-electron chi connectivity index (χ2n) is 5.17. The number of nitrogens with zero attached hydrogens (tertiary/aromatic N) is 1. The number of hydrazine groups is 1. The van der Waals surface area contributed by atoms with Crippen LogP contribution in [-0.2, 0) is 9.53 Å². The lowest BCUT2D eigenvalue weighted by atomic mass is 10.00. The van der Waals surface area contributed by atoms with Crippen molar-refractivity contribution in [3.8, 4) is 0 Å². The van der Waals surface area contributed by atoms with Crippen LogP contribution in [0.15, 0.2) is 10.6 Å². The Morgan fingerprint density at radius 2 is 1.90 bits per heavy atom. The first kappa shape index (κ1) is 13.1. The average Bonchev–Trinajstić information content (AvgIpc) is 3.22. The predicted octanol–water partition coefficient (Wildman–Crippen LogP) is 0.740. The maximum absolute atomic E-state index is 11.8. The van der Waals surface area contributed by atoms with Crippen LogP contribution >= 0.6 is 0 Å². The van der Waals surface area contributed by atoms with Gasteiger partial charge >= 0.3 is 5.91 Å². The number of rotatable bonds is 3. The van der Waals surface area contributed by atoms with Crippen LogP contribution in [0.5, 0.6) is 0 Å². The van der Waals surface area contributed by atoms with Gasteiger partial charge in [-0.1, -0.05) is 0 Å². The van der Waals surface area contributed by atoms with Crippen molar-refractivity contribution in [1.29, 1.82) is 0 Å². The fraction of sp³-hybridized carbons (Fsp3) is 0.615. The summed E-state index contributed by atoms with van der Waals surface area (Å²) in [6.45, 7) is 1.16. The molecule has 0 atom stereocenters. The highest BCUT2D eigenvalue weighted by atomic mass is 16.5. The molecule has 0 unspecified atom stereocenters. The summed E-state index contributed by atoms with van der Waals surface area (Å²) in [5, 5.41) is 0. The van der Waals surface area contributed by atoms with E-state index in [-0.39, 0.29) is 17.6 Å². The lowest BCUT2D eigenvalue weighted by Crippen LogP contribution is -2.45. The van der Waals surface area contributed by atoms with E-state index in [1.54, 1.807) is 0 Å². The standard InChI is InChI=1S/C13H17N3O4/c17-11(8-3-5-19-6-4-8)15-16-12(18)10-7-14-13(20-10)9-1-2-9/h7-9H,1-6H2,(H,15,17)(H,16,18). The van der Waals surface area contributed by atoms with Gasteiger partial charge in [0.2, 0.25) is 11.7 Å². The third-order valence-electron chi connectivity index (χ3n) is 3.57. The fourth-order valence-corrected chi connectivity index (χ4v) is 2.15. The Kier molecular flexibility index (Phi) is 3.68. The molecule has 0 radical (unpaired) electrons. The lowest BCUT2D eigenvalue weighted by Gasteiger charge is -2.21. The van der Waals surface area contributed by atoms with Crippen molar-refractivity contribution >= 4 is 11.8 Å². The molecule has 2 fully saturated rings. The minimum Gasteiger partial charge on any atom is -0.435 e. The van der Waals surface area contributed by atoms with E-state index < -0.39 is 5.91 Å². The van der Waals surface area contributed by atoms with Gasteiger partial charge in [-0.25, -0.2) is 4.98 Å². The molecule has 3 rings (SSSR count). The first-order valence-electron chi connectivity index (χ1n) is 6.87. The zero-order chi connectivity index (χ0) is 13.9. The first-order chi connectivity index (χ1) is 9.74. The predicted molar refractivity (Wildman–Crippen MR) is 67.6 cm³/mol. The Labute approximate surface area is 116 Å². The second-order valence-corrected chi connectivity index (χ2v) is 5.17. The molecular formula is C13H17N3O4. The van der Waals surface area contributed by atoms with E-state index in [2.05, 4.69) is 15.8 Å². The van der Waals surface area contributed by atoms with E-state index in [0.29, 0.717) is 37.9 Å². The summed E-state index contributed by atoms with van der Waals surface area (Å²) in [7, 11) is 0. The largest absolute Gasteiger partial charge is 0.435 e. The topological polar surface area (TPSA) is 93.5 Å². The molecule has 7 nitrogen and oxygen atoms in total. The van der Waals surface area contributed by atoms with Gasteiger partial charge in [0.1, 0.15) is 0 Å². The number of oxazole rings is 1. The average molecular weight is 279 g/mol. The zero-order valence-corrected chi connectivity index (χ0v) is 11.1. The van der Waals surface area contributed by atoms with Crippen molar-refractivity contribution in [3.05, 3.63) is 17.8 Å². The van der Waals surface area contributed by atoms with Gasteiger partial charge < -0.3 is 9.15 Å². The Morgan fingerprint density at radius 1 is 1.15 bits per heavy atom. The normalized spacial score (nSPS) is 19.6. The number of amides is 2. The minimum atomic E-state index is -0.482. The molecule has 2 heterocycles. The molecular weight excluding hydrogens is 262 g/mol. The number of aromatic nitrogens is 1. The second kappa shape index (κ2) is 5.62. The van der Waals surface area contributed by atoms with E-state index in [9.17, 15) is 9.59 Å². The van der Waals surface area contributed by atoms with Gasteiger partial charge in [-0.2, -0.15) is 0 Å². The zero-order valence-electron chi connectivity index (χ0n) is 11.1.